The van der Waals surface area contributed by atoms with Gasteiger partial charge in [0.25, 0.3) is 0 Å². The molecule has 0 amide bonds. The van der Waals surface area contributed by atoms with Gasteiger partial charge in [0.05, 0.1) is 0 Å². The highest BCUT2D eigenvalue weighted by atomic mass is 15.0. The van der Waals surface area contributed by atoms with Crippen molar-refractivity contribution < 1.29 is 0 Å². The first kappa shape index (κ1) is 10.0. The zero-order valence-corrected chi connectivity index (χ0v) is 8.40. The van der Waals surface area contributed by atoms with Gasteiger partial charge in [-0.25, -0.2) is 0 Å². The summed E-state index contributed by atoms with van der Waals surface area (Å²) in [5.74, 6) is 0. The van der Waals surface area contributed by atoms with Gasteiger partial charge in [-0.05, 0) is 32.7 Å². The van der Waals surface area contributed by atoms with Gasteiger partial charge < -0.3 is 10.6 Å². The van der Waals surface area contributed by atoms with E-state index in [2.05, 4.69) is 24.5 Å². The van der Waals surface area contributed by atoms with Crippen LogP contribution in [-0.4, -0.2) is 25.2 Å². The van der Waals surface area contributed by atoms with E-state index in [1.165, 1.54) is 32.2 Å². The van der Waals surface area contributed by atoms with Crippen molar-refractivity contribution in [1.29, 1.82) is 0 Å². The summed E-state index contributed by atoms with van der Waals surface area (Å²) in [7, 11) is 0. The maximum absolute atomic E-state index is 3.66. The van der Waals surface area contributed by atoms with E-state index in [0.717, 1.165) is 12.6 Å². The van der Waals surface area contributed by atoms with Crippen molar-refractivity contribution in [2.75, 3.05) is 13.1 Å². The summed E-state index contributed by atoms with van der Waals surface area (Å²) in [4.78, 5) is 0. The van der Waals surface area contributed by atoms with E-state index in [-0.39, 0.29) is 0 Å². The SMILES string of the molecule is CCCC(C)NC1CCCNC1. The summed E-state index contributed by atoms with van der Waals surface area (Å²) in [6.45, 7) is 6.91. The van der Waals surface area contributed by atoms with Crippen LogP contribution in [0.15, 0.2) is 0 Å². The Kier molecular flexibility index (Phi) is 4.62. The smallest absolute Gasteiger partial charge is 0.0195 e. The minimum absolute atomic E-state index is 0.694. The molecule has 0 spiro atoms. The average Bonchev–Trinajstić information content (AvgIpc) is 2.06. The molecular weight excluding hydrogens is 148 g/mol. The Morgan fingerprint density at radius 3 is 3.00 bits per heavy atom. The Hall–Kier alpha value is -0.0800. The Balaban J connectivity index is 2.11. The summed E-state index contributed by atoms with van der Waals surface area (Å²) in [5.41, 5.74) is 0. The van der Waals surface area contributed by atoms with Crippen LogP contribution in [0.5, 0.6) is 0 Å². The summed E-state index contributed by atoms with van der Waals surface area (Å²) in [6.07, 6.45) is 5.27. The molecule has 1 rings (SSSR count). The molecule has 2 heteroatoms. The van der Waals surface area contributed by atoms with E-state index >= 15 is 0 Å². The maximum atomic E-state index is 3.66. The van der Waals surface area contributed by atoms with Gasteiger partial charge in [-0.3, -0.25) is 0 Å². The third-order valence-electron chi connectivity index (χ3n) is 2.54. The van der Waals surface area contributed by atoms with Crippen molar-refractivity contribution in [3.05, 3.63) is 0 Å². The van der Waals surface area contributed by atoms with Gasteiger partial charge in [0.15, 0.2) is 0 Å². The second kappa shape index (κ2) is 5.55. The molecule has 0 aromatic heterocycles. The Labute approximate surface area is 76.1 Å². The van der Waals surface area contributed by atoms with Crippen molar-refractivity contribution in [2.24, 2.45) is 0 Å². The predicted molar refractivity (Wildman–Crippen MR) is 53.4 cm³/mol. The summed E-state index contributed by atoms with van der Waals surface area (Å²) in [6, 6.07) is 1.42. The number of piperidine rings is 1. The molecule has 0 aromatic rings. The summed E-state index contributed by atoms with van der Waals surface area (Å²) in [5, 5.41) is 7.08. The van der Waals surface area contributed by atoms with Crippen molar-refractivity contribution in [2.45, 2.75) is 51.6 Å². The van der Waals surface area contributed by atoms with Crippen molar-refractivity contribution in [3.8, 4) is 0 Å². The lowest BCUT2D eigenvalue weighted by Crippen LogP contribution is -2.46. The van der Waals surface area contributed by atoms with E-state index in [4.69, 9.17) is 0 Å². The van der Waals surface area contributed by atoms with Crippen LogP contribution in [0.4, 0.5) is 0 Å². The molecule has 2 nitrogen and oxygen atoms in total. The van der Waals surface area contributed by atoms with Gasteiger partial charge in [-0.15, -0.1) is 0 Å². The van der Waals surface area contributed by atoms with Crippen molar-refractivity contribution in [3.63, 3.8) is 0 Å². The largest absolute Gasteiger partial charge is 0.315 e. The molecule has 1 aliphatic rings. The van der Waals surface area contributed by atoms with Gasteiger partial charge in [-0.2, -0.15) is 0 Å². The average molecular weight is 170 g/mol. The summed E-state index contributed by atoms with van der Waals surface area (Å²) < 4.78 is 0. The first-order valence-corrected chi connectivity index (χ1v) is 5.29. The molecule has 0 aliphatic carbocycles. The molecule has 0 bridgehead atoms. The first-order chi connectivity index (χ1) is 5.83. The highest BCUT2D eigenvalue weighted by Gasteiger charge is 2.13. The minimum Gasteiger partial charge on any atom is -0.315 e. The fourth-order valence-corrected chi connectivity index (χ4v) is 1.91. The van der Waals surface area contributed by atoms with Crippen LogP contribution in [0, 0.1) is 0 Å². The van der Waals surface area contributed by atoms with Gasteiger partial charge in [-0.1, -0.05) is 13.3 Å². The quantitative estimate of drug-likeness (QED) is 0.668. The molecule has 12 heavy (non-hydrogen) atoms. The lowest BCUT2D eigenvalue weighted by Gasteiger charge is -2.27. The van der Waals surface area contributed by atoms with Gasteiger partial charge in [0.1, 0.15) is 0 Å². The second-order valence-corrected chi connectivity index (χ2v) is 3.90. The normalized spacial score (nSPS) is 27.0. The van der Waals surface area contributed by atoms with E-state index in [1.807, 2.05) is 0 Å². The molecule has 0 radical (unpaired) electrons. The molecule has 72 valence electrons. The number of rotatable bonds is 4. The highest BCUT2D eigenvalue weighted by molar-refractivity contribution is 4.77. The fourth-order valence-electron chi connectivity index (χ4n) is 1.91. The molecule has 0 aromatic carbocycles. The standard InChI is InChI=1S/C10H22N2/c1-3-5-9(2)12-10-6-4-7-11-8-10/h9-12H,3-8H2,1-2H3. The first-order valence-electron chi connectivity index (χ1n) is 5.29. The maximum Gasteiger partial charge on any atom is 0.0195 e. The monoisotopic (exact) mass is 170 g/mol. The zero-order valence-electron chi connectivity index (χ0n) is 8.40. The zero-order chi connectivity index (χ0) is 8.81. The van der Waals surface area contributed by atoms with E-state index in [0.29, 0.717) is 6.04 Å². The van der Waals surface area contributed by atoms with Crippen molar-refractivity contribution >= 4 is 0 Å². The van der Waals surface area contributed by atoms with Crippen LogP contribution in [0.1, 0.15) is 39.5 Å². The van der Waals surface area contributed by atoms with E-state index in [9.17, 15) is 0 Å². The van der Waals surface area contributed by atoms with Crippen LogP contribution < -0.4 is 10.6 Å². The third-order valence-corrected chi connectivity index (χ3v) is 2.54. The Bertz CT molecular complexity index is 108. The Morgan fingerprint density at radius 1 is 1.58 bits per heavy atom. The molecule has 2 unspecified atom stereocenters. The predicted octanol–water partition coefficient (Wildman–Crippen LogP) is 1.52. The van der Waals surface area contributed by atoms with Crippen LogP contribution >= 0.6 is 0 Å². The Morgan fingerprint density at radius 2 is 2.42 bits per heavy atom. The van der Waals surface area contributed by atoms with Crippen LogP contribution in [0.25, 0.3) is 0 Å². The third kappa shape index (κ3) is 3.55. The molecule has 1 fully saturated rings. The lowest BCUT2D eigenvalue weighted by molar-refractivity contribution is 0.349. The second-order valence-electron chi connectivity index (χ2n) is 3.90. The molecule has 0 saturated carbocycles. The van der Waals surface area contributed by atoms with E-state index < -0.39 is 0 Å². The van der Waals surface area contributed by atoms with Crippen LogP contribution in [-0.2, 0) is 0 Å². The molecule has 1 heterocycles. The van der Waals surface area contributed by atoms with E-state index in [1.54, 1.807) is 0 Å². The van der Waals surface area contributed by atoms with Gasteiger partial charge >= 0.3 is 0 Å². The number of hydrogen-bond acceptors (Lipinski definition) is 2. The molecule has 1 aliphatic heterocycles. The topological polar surface area (TPSA) is 24.1 Å². The lowest BCUT2D eigenvalue weighted by atomic mass is 10.1. The number of nitrogens with one attached hydrogen (secondary N) is 2. The minimum atomic E-state index is 0.694. The van der Waals surface area contributed by atoms with Crippen LogP contribution in [0.2, 0.25) is 0 Å². The van der Waals surface area contributed by atoms with Gasteiger partial charge in [0, 0.05) is 18.6 Å². The summed E-state index contributed by atoms with van der Waals surface area (Å²) >= 11 is 0. The number of hydrogen-bond donors (Lipinski definition) is 2. The van der Waals surface area contributed by atoms with Gasteiger partial charge in [0.2, 0.25) is 0 Å². The molecule has 2 N–H and O–H groups in total. The fraction of sp³-hybridized carbons (Fsp3) is 1.00. The van der Waals surface area contributed by atoms with Crippen molar-refractivity contribution in [1.82, 2.24) is 10.6 Å². The molecular formula is C10H22N2. The highest BCUT2D eigenvalue weighted by Crippen LogP contribution is 2.04. The molecule has 2 atom stereocenters. The molecule has 1 saturated heterocycles. The van der Waals surface area contributed by atoms with Crippen LogP contribution in [0.3, 0.4) is 0 Å².